The minimum Gasteiger partial charge on any atom is -0.419 e. The van der Waals surface area contributed by atoms with E-state index in [0.29, 0.717) is 10.6 Å². The number of halogens is 1. The van der Waals surface area contributed by atoms with E-state index in [9.17, 15) is 9.59 Å². The largest absolute Gasteiger partial charge is 0.419 e. The predicted molar refractivity (Wildman–Crippen MR) is 75.6 cm³/mol. The highest BCUT2D eigenvalue weighted by atomic mass is 35.5. The number of allylic oxidation sites excluding steroid dienone is 1. The van der Waals surface area contributed by atoms with Crippen LogP contribution >= 0.6 is 11.6 Å². The van der Waals surface area contributed by atoms with Gasteiger partial charge in [0.1, 0.15) is 0 Å². The number of hydrogen-bond donors (Lipinski definition) is 0. The van der Waals surface area contributed by atoms with Gasteiger partial charge in [0.15, 0.2) is 5.76 Å². The Morgan fingerprint density at radius 2 is 1.70 bits per heavy atom. The summed E-state index contributed by atoms with van der Waals surface area (Å²) in [6.07, 6.45) is 1.55. The smallest absolute Gasteiger partial charge is 0.344 e. The summed E-state index contributed by atoms with van der Waals surface area (Å²) in [5, 5.41) is 0.393. The molecule has 1 aliphatic rings. The van der Waals surface area contributed by atoms with Crippen LogP contribution in [-0.2, 0) is 4.74 Å². The molecule has 0 aliphatic carbocycles. The Balaban J connectivity index is 2.06. The van der Waals surface area contributed by atoms with Crippen LogP contribution in [-0.4, -0.2) is 11.8 Å². The first-order chi connectivity index (χ1) is 9.65. The van der Waals surface area contributed by atoms with Crippen molar-refractivity contribution in [1.82, 2.24) is 0 Å². The van der Waals surface area contributed by atoms with E-state index in [2.05, 4.69) is 0 Å². The molecule has 3 rings (SSSR count). The van der Waals surface area contributed by atoms with Gasteiger partial charge in [0.05, 0.1) is 5.56 Å². The maximum Gasteiger partial charge on any atom is 0.344 e. The number of Topliss-reactive ketones (excluding diaryl/α,β-unsaturated/α-hetero) is 1. The lowest BCUT2D eigenvalue weighted by Crippen LogP contribution is -2.22. The summed E-state index contributed by atoms with van der Waals surface area (Å²) in [5.74, 6) is -0.861. The average Bonchev–Trinajstić information content (AvgIpc) is 2.45. The lowest BCUT2D eigenvalue weighted by atomic mass is 9.99. The number of esters is 1. The summed E-state index contributed by atoms with van der Waals surface area (Å²) >= 11 is 5.82. The summed E-state index contributed by atoms with van der Waals surface area (Å²) in [4.78, 5) is 24.2. The Bertz CT molecular complexity index is 733. The van der Waals surface area contributed by atoms with E-state index in [1.165, 1.54) is 6.07 Å². The van der Waals surface area contributed by atoms with Gasteiger partial charge in [0.25, 0.3) is 0 Å². The van der Waals surface area contributed by atoms with Gasteiger partial charge in [-0.05, 0) is 29.8 Å². The van der Waals surface area contributed by atoms with E-state index < -0.39 is 5.97 Å². The molecular weight excluding hydrogens is 276 g/mol. The summed E-state index contributed by atoms with van der Waals surface area (Å²) in [5.41, 5.74) is 1.31. The Hall–Kier alpha value is -2.39. The Labute approximate surface area is 120 Å². The molecule has 1 heterocycles. The third-order valence-electron chi connectivity index (χ3n) is 2.97. The van der Waals surface area contributed by atoms with Crippen LogP contribution in [0.4, 0.5) is 0 Å². The second-order valence-corrected chi connectivity index (χ2v) is 4.76. The first-order valence-electron chi connectivity index (χ1n) is 5.98. The van der Waals surface area contributed by atoms with E-state index in [1.807, 2.05) is 30.3 Å². The van der Waals surface area contributed by atoms with Gasteiger partial charge in [0.2, 0.25) is 5.78 Å². The second kappa shape index (κ2) is 4.94. The third kappa shape index (κ3) is 2.24. The van der Waals surface area contributed by atoms with Gasteiger partial charge in [0, 0.05) is 10.6 Å². The lowest BCUT2D eigenvalue weighted by Gasteiger charge is -2.17. The van der Waals surface area contributed by atoms with E-state index in [-0.39, 0.29) is 17.1 Å². The highest BCUT2D eigenvalue weighted by Gasteiger charge is 2.29. The number of benzene rings is 2. The highest BCUT2D eigenvalue weighted by molar-refractivity contribution is 6.31. The van der Waals surface area contributed by atoms with Crippen molar-refractivity contribution in [3.63, 3.8) is 0 Å². The van der Waals surface area contributed by atoms with Crippen LogP contribution in [0.1, 0.15) is 26.3 Å². The summed E-state index contributed by atoms with van der Waals surface area (Å²) in [6.45, 7) is 0. The molecule has 0 atom stereocenters. The number of ether oxygens (including phenoxy) is 1. The van der Waals surface area contributed by atoms with Gasteiger partial charge in [-0.1, -0.05) is 41.9 Å². The highest BCUT2D eigenvalue weighted by Crippen LogP contribution is 2.26. The van der Waals surface area contributed by atoms with Crippen molar-refractivity contribution in [3.8, 4) is 0 Å². The van der Waals surface area contributed by atoms with Crippen molar-refractivity contribution in [2.45, 2.75) is 0 Å². The van der Waals surface area contributed by atoms with Crippen LogP contribution in [0.2, 0.25) is 5.02 Å². The van der Waals surface area contributed by atoms with E-state index in [4.69, 9.17) is 16.3 Å². The van der Waals surface area contributed by atoms with Gasteiger partial charge in [-0.2, -0.15) is 0 Å². The van der Waals surface area contributed by atoms with Crippen LogP contribution < -0.4 is 0 Å². The molecule has 1 aliphatic heterocycles. The second-order valence-electron chi connectivity index (χ2n) is 4.33. The SMILES string of the molecule is O=C1OC(=Cc2ccccc2)C(=O)c2ccc(Cl)cc21. The molecule has 98 valence electrons. The van der Waals surface area contributed by atoms with Gasteiger partial charge < -0.3 is 4.74 Å². The van der Waals surface area contributed by atoms with Gasteiger partial charge in [-0.25, -0.2) is 4.79 Å². The van der Waals surface area contributed by atoms with Crippen LogP contribution in [0, 0.1) is 0 Å². The van der Waals surface area contributed by atoms with Crippen molar-refractivity contribution in [1.29, 1.82) is 0 Å². The van der Waals surface area contributed by atoms with Crippen molar-refractivity contribution in [3.05, 3.63) is 76.0 Å². The molecule has 0 bridgehead atoms. The Morgan fingerprint density at radius 3 is 2.45 bits per heavy atom. The van der Waals surface area contributed by atoms with Crippen LogP contribution in [0.15, 0.2) is 54.3 Å². The van der Waals surface area contributed by atoms with E-state index in [1.54, 1.807) is 18.2 Å². The number of rotatable bonds is 1. The molecule has 0 amide bonds. The molecule has 0 aromatic heterocycles. The van der Waals surface area contributed by atoms with Gasteiger partial charge in [-0.3, -0.25) is 4.79 Å². The fourth-order valence-electron chi connectivity index (χ4n) is 2.01. The monoisotopic (exact) mass is 284 g/mol. The van der Waals surface area contributed by atoms with Crippen molar-refractivity contribution in [2.24, 2.45) is 0 Å². The molecule has 0 radical (unpaired) electrons. The minimum absolute atomic E-state index is 0.0241. The zero-order chi connectivity index (χ0) is 14.1. The van der Waals surface area contributed by atoms with Gasteiger partial charge >= 0.3 is 5.97 Å². The minimum atomic E-state index is -0.565. The summed E-state index contributed by atoms with van der Waals surface area (Å²) in [7, 11) is 0. The molecule has 0 saturated heterocycles. The summed E-state index contributed by atoms with van der Waals surface area (Å²) < 4.78 is 5.10. The first-order valence-corrected chi connectivity index (χ1v) is 6.36. The number of cyclic esters (lactones) is 1. The molecule has 4 heteroatoms. The Kier molecular flexibility index (Phi) is 3.12. The molecule has 2 aromatic carbocycles. The van der Waals surface area contributed by atoms with E-state index >= 15 is 0 Å². The molecule has 20 heavy (non-hydrogen) atoms. The fraction of sp³-hybridized carbons (Fsp3) is 0. The van der Waals surface area contributed by atoms with Crippen LogP contribution in [0.3, 0.4) is 0 Å². The maximum absolute atomic E-state index is 12.3. The zero-order valence-corrected chi connectivity index (χ0v) is 11.1. The van der Waals surface area contributed by atoms with E-state index in [0.717, 1.165) is 5.56 Å². The number of ketones is 1. The standard InChI is InChI=1S/C16H9ClO3/c17-11-6-7-12-13(9-11)16(19)20-14(15(12)18)8-10-4-2-1-3-5-10/h1-9H. The number of carbonyl (C=O) groups excluding carboxylic acids is 2. The molecule has 0 unspecified atom stereocenters. The average molecular weight is 285 g/mol. The molecule has 0 saturated carbocycles. The van der Waals surface area contributed by atoms with Crippen molar-refractivity contribution >= 4 is 29.4 Å². The van der Waals surface area contributed by atoms with Crippen molar-refractivity contribution in [2.75, 3.05) is 0 Å². The van der Waals surface area contributed by atoms with Crippen LogP contribution in [0.25, 0.3) is 6.08 Å². The number of carbonyl (C=O) groups is 2. The molecular formula is C16H9ClO3. The van der Waals surface area contributed by atoms with Crippen LogP contribution in [0.5, 0.6) is 0 Å². The number of fused-ring (bicyclic) bond motifs is 1. The fourth-order valence-corrected chi connectivity index (χ4v) is 2.19. The molecule has 0 spiro atoms. The molecule has 0 fully saturated rings. The normalized spacial score (nSPS) is 15.9. The first kappa shape index (κ1) is 12.6. The number of hydrogen-bond acceptors (Lipinski definition) is 3. The lowest BCUT2D eigenvalue weighted by molar-refractivity contribution is 0.0567. The third-order valence-corrected chi connectivity index (χ3v) is 3.21. The molecule has 0 N–H and O–H groups in total. The Morgan fingerprint density at radius 1 is 0.950 bits per heavy atom. The quantitative estimate of drug-likeness (QED) is 0.592. The topological polar surface area (TPSA) is 43.4 Å². The van der Waals surface area contributed by atoms with Gasteiger partial charge in [-0.15, -0.1) is 0 Å². The van der Waals surface area contributed by atoms with Crippen molar-refractivity contribution < 1.29 is 14.3 Å². The molecule has 2 aromatic rings. The maximum atomic E-state index is 12.3. The predicted octanol–water partition coefficient (Wildman–Crippen LogP) is 3.73. The zero-order valence-electron chi connectivity index (χ0n) is 10.3. The molecule has 3 nitrogen and oxygen atoms in total. The summed E-state index contributed by atoms with van der Waals surface area (Å²) in [6, 6.07) is 13.8.